The first-order chi connectivity index (χ1) is 7.51. The number of hydrogen-bond donors (Lipinski definition) is 1. The highest BCUT2D eigenvalue weighted by Gasteiger charge is 2.22. The molecule has 1 aromatic rings. The fourth-order valence-corrected chi connectivity index (χ4v) is 1.66. The molecule has 1 heterocycles. The number of hydrogen-bond acceptors (Lipinski definition) is 4. The number of pyridine rings is 1. The van der Waals surface area contributed by atoms with Gasteiger partial charge in [0.1, 0.15) is 4.60 Å². The van der Waals surface area contributed by atoms with E-state index in [-0.39, 0.29) is 28.0 Å². The molecule has 0 aliphatic heterocycles. The lowest BCUT2D eigenvalue weighted by atomic mass is 10.1. The van der Waals surface area contributed by atoms with Crippen LogP contribution in [0.1, 0.15) is 28.0 Å². The minimum absolute atomic E-state index is 0.00468. The van der Waals surface area contributed by atoms with E-state index in [0.717, 1.165) is 13.2 Å². The molecule has 0 bridgehead atoms. The molecule has 0 saturated carbocycles. The third-order valence-electron chi connectivity index (χ3n) is 1.95. The molecule has 7 heteroatoms. The van der Waals surface area contributed by atoms with Crippen molar-refractivity contribution in [2.24, 2.45) is 5.73 Å². The summed E-state index contributed by atoms with van der Waals surface area (Å²) >= 11 is 2.95. The van der Waals surface area contributed by atoms with Gasteiger partial charge in [-0.1, -0.05) is 0 Å². The second-order valence-electron chi connectivity index (χ2n) is 2.86. The van der Waals surface area contributed by atoms with Gasteiger partial charge >= 0.3 is 5.97 Å². The van der Waals surface area contributed by atoms with Gasteiger partial charge < -0.3 is 10.5 Å². The molecule has 88 valence electrons. The van der Waals surface area contributed by atoms with Crippen LogP contribution in [0.2, 0.25) is 0 Å². The Hall–Kier alpha value is -1.08. The van der Waals surface area contributed by atoms with Gasteiger partial charge in [-0.3, -0.25) is 0 Å². The lowest BCUT2D eigenvalue weighted by Gasteiger charge is -2.11. The summed E-state index contributed by atoms with van der Waals surface area (Å²) in [7, 11) is 1.15. The van der Waals surface area contributed by atoms with Crippen molar-refractivity contribution < 1.29 is 18.3 Å². The fourth-order valence-electron chi connectivity index (χ4n) is 1.23. The number of carbonyl (C=O) groups excluding carboxylic acids is 1. The van der Waals surface area contributed by atoms with Gasteiger partial charge in [-0.25, -0.2) is 18.6 Å². The standard InChI is InChI=1S/C9H9BrF2N2O2/c1-16-9(15)7-5(3-13)4(8(11)12)2-6(10)14-7/h2,8H,3,13H2,1H3. The Kier molecular flexibility index (Phi) is 4.31. The molecule has 2 N–H and O–H groups in total. The molecular formula is C9H9BrF2N2O2. The highest BCUT2D eigenvalue weighted by atomic mass is 79.9. The average molecular weight is 295 g/mol. The third kappa shape index (κ3) is 2.53. The van der Waals surface area contributed by atoms with Crippen LogP contribution in [0.4, 0.5) is 8.78 Å². The molecule has 0 fully saturated rings. The van der Waals surface area contributed by atoms with E-state index in [1.54, 1.807) is 0 Å². The predicted molar refractivity (Wildman–Crippen MR) is 56.1 cm³/mol. The smallest absolute Gasteiger partial charge is 0.357 e. The molecule has 0 aromatic carbocycles. The largest absolute Gasteiger partial charge is 0.464 e. The first-order valence-electron chi connectivity index (χ1n) is 4.27. The molecule has 0 aliphatic carbocycles. The molecule has 0 unspecified atom stereocenters. The van der Waals surface area contributed by atoms with E-state index >= 15 is 0 Å². The van der Waals surface area contributed by atoms with Gasteiger partial charge in [0.05, 0.1) is 7.11 Å². The normalized spacial score (nSPS) is 10.6. The Morgan fingerprint density at radius 2 is 2.31 bits per heavy atom. The third-order valence-corrected chi connectivity index (χ3v) is 2.35. The predicted octanol–water partition coefficient (Wildman–Crippen LogP) is 2.03. The second kappa shape index (κ2) is 5.31. The van der Waals surface area contributed by atoms with E-state index in [2.05, 4.69) is 25.7 Å². The molecule has 0 amide bonds. The number of rotatable bonds is 3. The molecule has 4 nitrogen and oxygen atoms in total. The van der Waals surface area contributed by atoms with Gasteiger partial charge in [-0.2, -0.15) is 0 Å². The summed E-state index contributed by atoms with van der Waals surface area (Å²) in [4.78, 5) is 15.1. The summed E-state index contributed by atoms with van der Waals surface area (Å²) < 4.78 is 30.0. The van der Waals surface area contributed by atoms with Gasteiger partial charge in [0.15, 0.2) is 5.69 Å². The average Bonchev–Trinajstić information content (AvgIpc) is 2.26. The molecule has 0 spiro atoms. The van der Waals surface area contributed by atoms with Gasteiger partial charge in [0, 0.05) is 17.7 Å². The van der Waals surface area contributed by atoms with Crippen LogP contribution >= 0.6 is 15.9 Å². The van der Waals surface area contributed by atoms with Crippen molar-refractivity contribution in [3.05, 3.63) is 27.5 Å². The van der Waals surface area contributed by atoms with Crippen molar-refractivity contribution in [3.8, 4) is 0 Å². The van der Waals surface area contributed by atoms with Crippen LogP contribution in [0.25, 0.3) is 0 Å². The maximum absolute atomic E-state index is 12.7. The highest BCUT2D eigenvalue weighted by molar-refractivity contribution is 9.10. The van der Waals surface area contributed by atoms with Crippen LogP contribution in [-0.2, 0) is 11.3 Å². The van der Waals surface area contributed by atoms with E-state index in [1.165, 1.54) is 0 Å². The molecule has 0 saturated heterocycles. The summed E-state index contributed by atoms with van der Waals surface area (Å²) in [5.41, 5.74) is 4.84. The van der Waals surface area contributed by atoms with Gasteiger partial charge in [-0.15, -0.1) is 0 Å². The van der Waals surface area contributed by atoms with E-state index in [0.29, 0.717) is 0 Å². The number of esters is 1. The van der Waals surface area contributed by atoms with Gasteiger partial charge in [0.25, 0.3) is 6.43 Å². The van der Waals surface area contributed by atoms with E-state index < -0.39 is 12.4 Å². The summed E-state index contributed by atoms with van der Waals surface area (Å²) in [6.45, 7) is -0.204. The zero-order valence-corrected chi connectivity index (χ0v) is 9.92. The molecule has 0 aliphatic rings. The van der Waals surface area contributed by atoms with Crippen LogP contribution in [0.3, 0.4) is 0 Å². The number of halogens is 3. The van der Waals surface area contributed by atoms with E-state index in [4.69, 9.17) is 5.73 Å². The summed E-state index contributed by atoms with van der Waals surface area (Å²) in [6.07, 6.45) is -2.72. The van der Waals surface area contributed by atoms with Crippen LogP contribution in [0, 0.1) is 0 Å². The lowest BCUT2D eigenvalue weighted by molar-refractivity contribution is 0.0591. The monoisotopic (exact) mass is 294 g/mol. The van der Waals surface area contributed by atoms with Crippen molar-refractivity contribution in [1.82, 2.24) is 4.98 Å². The first kappa shape index (κ1) is 13.0. The fraction of sp³-hybridized carbons (Fsp3) is 0.333. The Balaban J connectivity index is 3.41. The first-order valence-corrected chi connectivity index (χ1v) is 5.06. The zero-order valence-electron chi connectivity index (χ0n) is 8.34. The zero-order chi connectivity index (χ0) is 12.3. The maximum Gasteiger partial charge on any atom is 0.357 e. The van der Waals surface area contributed by atoms with Crippen molar-refractivity contribution in [2.75, 3.05) is 7.11 Å². The molecule has 1 aromatic heterocycles. The summed E-state index contributed by atoms with van der Waals surface area (Å²) in [5, 5.41) is 0. The minimum atomic E-state index is -2.72. The number of nitrogens with zero attached hydrogens (tertiary/aromatic N) is 1. The Labute approximate surface area is 98.9 Å². The Bertz CT molecular complexity index is 413. The van der Waals surface area contributed by atoms with Crippen molar-refractivity contribution in [2.45, 2.75) is 13.0 Å². The van der Waals surface area contributed by atoms with Gasteiger partial charge in [-0.05, 0) is 22.0 Å². The Morgan fingerprint density at radius 3 is 2.75 bits per heavy atom. The maximum atomic E-state index is 12.7. The Morgan fingerprint density at radius 1 is 1.69 bits per heavy atom. The molecule has 16 heavy (non-hydrogen) atoms. The number of alkyl halides is 2. The number of nitrogens with two attached hydrogens (primary N) is 1. The molecular weight excluding hydrogens is 286 g/mol. The second-order valence-corrected chi connectivity index (χ2v) is 3.67. The minimum Gasteiger partial charge on any atom is -0.464 e. The summed E-state index contributed by atoms with van der Waals surface area (Å²) in [5.74, 6) is -0.788. The molecule has 1 rings (SSSR count). The summed E-state index contributed by atoms with van der Waals surface area (Å²) in [6, 6.07) is 1.14. The van der Waals surface area contributed by atoms with Crippen molar-refractivity contribution in [3.63, 3.8) is 0 Å². The van der Waals surface area contributed by atoms with Crippen LogP contribution < -0.4 is 5.73 Å². The van der Waals surface area contributed by atoms with Gasteiger partial charge in [0.2, 0.25) is 0 Å². The molecule has 0 atom stereocenters. The topological polar surface area (TPSA) is 65.2 Å². The SMILES string of the molecule is COC(=O)c1nc(Br)cc(C(F)F)c1CN. The van der Waals surface area contributed by atoms with Crippen LogP contribution in [0.5, 0.6) is 0 Å². The number of carbonyl (C=O) groups is 1. The number of methoxy groups -OCH3 is 1. The van der Waals surface area contributed by atoms with Crippen molar-refractivity contribution in [1.29, 1.82) is 0 Å². The van der Waals surface area contributed by atoms with Crippen molar-refractivity contribution >= 4 is 21.9 Å². The number of ether oxygens (including phenoxy) is 1. The van der Waals surface area contributed by atoms with E-state index in [1.807, 2.05) is 0 Å². The van der Waals surface area contributed by atoms with E-state index in [9.17, 15) is 13.6 Å². The highest BCUT2D eigenvalue weighted by Crippen LogP contribution is 2.27. The quantitative estimate of drug-likeness (QED) is 0.684. The van der Waals surface area contributed by atoms with Crippen LogP contribution in [0.15, 0.2) is 10.7 Å². The van der Waals surface area contributed by atoms with Crippen LogP contribution in [-0.4, -0.2) is 18.1 Å². The molecule has 0 radical (unpaired) electrons. The lowest BCUT2D eigenvalue weighted by Crippen LogP contribution is -2.14. The number of aromatic nitrogens is 1.